The van der Waals surface area contributed by atoms with Crippen molar-refractivity contribution in [2.24, 2.45) is 0 Å². The summed E-state index contributed by atoms with van der Waals surface area (Å²) in [5.74, 6) is -0.968. The smallest absolute Gasteiger partial charge is 0.262 e. The highest BCUT2D eigenvalue weighted by Gasteiger charge is 2.21. The van der Waals surface area contributed by atoms with E-state index in [0.717, 1.165) is 11.1 Å². The molecule has 170 valence electrons. The maximum absolute atomic E-state index is 14.6. The molecule has 1 aromatic heterocycles. The Balaban J connectivity index is 1.72. The fourth-order valence-electron chi connectivity index (χ4n) is 3.47. The quantitative estimate of drug-likeness (QED) is 0.405. The predicted octanol–water partition coefficient (Wildman–Crippen LogP) is 4.93. The average molecular weight is 485 g/mol. The van der Waals surface area contributed by atoms with E-state index in [0.29, 0.717) is 21.8 Å². The minimum Gasteiger partial charge on any atom is -0.377 e. The summed E-state index contributed by atoms with van der Waals surface area (Å²) in [7, 11) is -0.338. The molecule has 0 aliphatic rings. The predicted molar refractivity (Wildman–Crippen MR) is 131 cm³/mol. The number of hydrogen-bond donors (Lipinski definition) is 2. The highest BCUT2D eigenvalue weighted by atomic mass is 32.2. The first-order valence-corrected chi connectivity index (χ1v) is 12.3. The summed E-state index contributed by atoms with van der Waals surface area (Å²) < 4.78 is 43.5. The lowest BCUT2D eigenvalue weighted by Gasteiger charge is -2.17. The molecule has 2 N–H and O–H groups in total. The molecule has 3 aromatic carbocycles. The van der Waals surface area contributed by atoms with E-state index in [4.69, 9.17) is 0 Å². The summed E-state index contributed by atoms with van der Waals surface area (Å²) in [5.41, 5.74) is 1.68. The number of hydrogen-bond acceptors (Lipinski definition) is 6. The minimum atomic E-state index is -4.10. The Morgan fingerprint density at radius 3 is 2.52 bits per heavy atom. The molecule has 4 rings (SSSR count). The third-order valence-corrected chi connectivity index (χ3v) is 7.11. The minimum absolute atomic E-state index is 0.0510. The monoisotopic (exact) mass is 484 g/mol. The molecule has 0 atom stereocenters. The number of carbonyl (C=O) groups is 1. The molecule has 10 heteroatoms. The van der Waals surface area contributed by atoms with Crippen LogP contribution in [-0.2, 0) is 14.8 Å². The van der Waals surface area contributed by atoms with Crippen LogP contribution in [0.4, 0.5) is 20.9 Å². The molecule has 0 unspecified atom stereocenters. The van der Waals surface area contributed by atoms with E-state index in [1.54, 1.807) is 23.6 Å². The van der Waals surface area contributed by atoms with E-state index in [9.17, 15) is 17.6 Å². The lowest BCUT2D eigenvalue weighted by Crippen LogP contribution is -2.15. The third-order valence-electron chi connectivity index (χ3n) is 4.92. The van der Waals surface area contributed by atoms with E-state index in [-0.39, 0.29) is 16.5 Å². The molecule has 0 saturated heterocycles. The number of nitrogens with one attached hydrogen (secondary N) is 2. The molecular weight excluding hydrogens is 463 g/mol. The first kappa shape index (κ1) is 22.7. The van der Waals surface area contributed by atoms with Gasteiger partial charge < -0.3 is 10.2 Å². The zero-order valence-electron chi connectivity index (χ0n) is 18.1. The van der Waals surface area contributed by atoms with Crippen LogP contribution < -0.4 is 14.9 Å². The molecular formula is C23H21FN4O3S2. The highest BCUT2D eigenvalue weighted by Crippen LogP contribution is 2.33. The summed E-state index contributed by atoms with van der Waals surface area (Å²) in [5, 5.41) is 5.99. The number of carbonyl (C=O) groups excluding carboxylic acids is 1. The second-order valence-electron chi connectivity index (χ2n) is 7.54. The van der Waals surface area contributed by atoms with Crippen molar-refractivity contribution < 1.29 is 17.6 Å². The van der Waals surface area contributed by atoms with Crippen LogP contribution in [0, 0.1) is 5.82 Å². The van der Waals surface area contributed by atoms with Crippen LogP contribution in [0.2, 0.25) is 0 Å². The van der Waals surface area contributed by atoms with Crippen molar-refractivity contribution in [2.75, 3.05) is 29.0 Å². The second-order valence-corrected chi connectivity index (χ2v) is 10.1. The number of aromatic nitrogens is 1. The van der Waals surface area contributed by atoms with Gasteiger partial charge in [0.1, 0.15) is 5.82 Å². The maximum Gasteiger partial charge on any atom is 0.262 e. The normalized spacial score (nSPS) is 11.4. The van der Waals surface area contributed by atoms with Gasteiger partial charge in [0.05, 0.1) is 16.3 Å². The van der Waals surface area contributed by atoms with Crippen molar-refractivity contribution in [2.45, 2.75) is 11.8 Å². The van der Waals surface area contributed by atoms with Crippen LogP contribution in [0.15, 0.2) is 64.9 Å². The standard InChI is InChI=1S/C23H21FN4O3S2/c1-14(29)25-23-26-20(13-32-23)15-10-11-18(24)19(12-15)27-33(30,31)22-9-5-6-16-17(22)7-4-8-21(16)28(2)3/h4-13,27H,1-3H3,(H,25,26,29). The summed E-state index contributed by atoms with van der Waals surface area (Å²) in [6.07, 6.45) is 0. The first-order valence-electron chi connectivity index (χ1n) is 9.90. The van der Waals surface area contributed by atoms with Crippen molar-refractivity contribution in [3.05, 3.63) is 65.8 Å². The van der Waals surface area contributed by atoms with Gasteiger partial charge in [0.2, 0.25) is 5.91 Å². The summed E-state index contributed by atoms with van der Waals surface area (Å²) in [6, 6.07) is 14.5. The zero-order valence-corrected chi connectivity index (χ0v) is 19.7. The van der Waals surface area contributed by atoms with Gasteiger partial charge in [-0.25, -0.2) is 17.8 Å². The summed E-state index contributed by atoms with van der Waals surface area (Å²) in [4.78, 5) is 17.5. The van der Waals surface area contributed by atoms with E-state index in [1.165, 1.54) is 42.5 Å². The maximum atomic E-state index is 14.6. The van der Waals surface area contributed by atoms with E-state index >= 15 is 0 Å². The molecule has 1 heterocycles. The summed E-state index contributed by atoms with van der Waals surface area (Å²) >= 11 is 1.22. The van der Waals surface area contributed by atoms with Crippen molar-refractivity contribution in [1.29, 1.82) is 0 Å². The molecule has 0 aliphatic heterocycles. The van der Waals surface area contributed by atoms with Gasteiger partial charge >= 0.3 is 0 Å². The molecule has 0 saturated carbocycles. The fourth-order valence-corrected chi connectivity index (χ4v) is 5.51. The lowest BCUT2D eigenvalue weighted by molar-refractivity contribution is -0.114. The number of benzene rings is 3. The lowest BCUT2D eigenvalue weighted by atomic mass is 10.1. The van der Waals surface area contributed by atoms with Crippen LogP contribution in [0.3, 0.4) is 0 Å². The number of halogens is 1. The van der Waals surface area contributed by atoms with Gasteiger partial charge in [-0.15, -0.1) is 11.3 Å². The Kier molecular flexibility index (Phi) is 6.05. The Morgan fingerprint density at radius 1 is 1.06 bits per heavy atom. The Hall–Kier alpha value is -3.50. The molecule has 0 bridgehead atoms. The second kappa shape index (κ2) is 8.80. The van der Waals surface area contributed by atoms with Crippen molar-refractivity contribution in [3.8, 4) is 11.3 Å². The molecule has 0 radical (unpaired) electrons. The van der Waals surface area contributed by atoms with Gasteiger partial charge in [0.25, 0.3) is 10.0 Å². The summed E-state index contributed by atoms with van der Waals surface area (Å²) in [6.45, 7) is 1.38. The number of thiazole rings is 1. The van der Waals surface area contributed by atoms with Crippen LogP contribution in [0.25, 0.3) is 22.0 Å². The SMILES string of the molecule is CC(=O)Nc1nc(-c2ccc(F)c(NS(=O)(=O)c3cccc4c(N(C)C)cccc34)c2)cs1. The first-order chi connectivity index (χ1) is 15.7. The molecule has 1 amide bonds. The Bertz CT molecular complexity index is 1470. The van der Waals surface area contributed by atoms with E-state index in [1.807, 2.05) is 31.1 Å². The van der Waals surface area contributed by atoms with Gasteiger partial charge in [-0.05, 0) is 30.3 Å². The fraction of sp³-hybridized carbons (Fsp3) is 0.130. The highest BCUT2D eigenvalue weighted by molar-refractivity contribution is 7.93. The van der Waals surface area contributed by atoms with Crippen molar-refractivity contribution in [3.63, 3.8) is 0 Å². The number of sulfonamides is 1. The van der Waals surface area contributed by atoms with Gasteiger partial charge in [-0.1, -0.05) is 24.3 Å². The van der Waals surface area contributed by atoms with Crippen LogP contribution >= 0.6 is 11.3 Å². The van der Waals surface area contributed by atoms with Gasteiger partial charge in [0.15, 0.2) is 5.13 Å². The number of nitrogens with zero attached hydrogens (tertiary/aromatic N) is 2. The van der Waals surface area contributed by atoms with Gasteiger partial charge in [0, 0.05) is 48.4 Å². The van der Waals surface area contributed by atoms with Crippen molar-refractivity contribution in [1.82, 2.24) is 4.98 Å². The number of rotatable bonds is 6. The molecule has 33 heavy (non-hydrogen) atoms. The Labute approximate surface area is 194 Å². The van der Waals surface area contributed by atoms with Crippen LogP contribution in [0.1, 0.15) is 6.92 Å². The van der Waals surface area contributed by atoms with Crippen LogP contribution in [0.5, 0.6) is 0 Å². The largest absolute Gasteiger partial charge is 0.377 e. The molecule has 0 aliphatic carbocycles. The van der Waals surface area contributed by atoms with Gasteiger partial charge in [-0.3, -0.25) is 9.52 Å². The zero-order chi connectivity index (χ0) is 23.8. The van der Waals surface area contributed by atoms with Crippen LogP contribution in [-0.4, -0.2) is 33.4 Å². The third kappa shape index (κ3) is 4.67. The molecule has 4 aromatic rings. The molecule has 0 fully saturated rings. The molecule has 0 spiro atoms. The number of anilines is 3. The molecule has 7 nitrogen and oxygen atoms in total. The average Bonchev–Trinajstić information content (AvgIpc) is 3.21. The number of fused-ring (bicyclic) bond motifs is 1. The van der Waals surface area contributed by atoms with E-state index < -0.39 is 15.8 Å². The number of amides is 1. The topological polar surface area (TPSA) is 91.4 Å². The van der Waals surface area contributed by atoms with Gasteiger partial charge in [-0.2, -0.15) is 0 Å². The van der Waals surface area contributed by atoms with E-state index in [2.05, 4.69) is 15.0 Å². The van der Waals surface area contributed by atoms with Crippen molar-refractivity contribution >= 4 is 54.5 Å². The Morgan fingerprint density at radius 2 is 1.79 bits per heavy atom.